The highest BCUT2D eigenvalue weighted by Gasteiger charge is 2.18. The molecule has 1 aromatic carbocycles. The van der Waals surface area contributed by atoms with E-state index < -0.39 is 9.84 Å². The number of benzene rings is 1. The molecule has 1 aliphatic heterocycles. The van der Waals surface area contributed by atoms with Crippen LogP contribution in [0.25, 0.3) is 0 Å². The van der Waals surface area contributed by atoms with Crippen LogP contribution in [0, 0.1) is 10.7 Å². The Kier molecular flexibility index (Phi) is 2.25. The fourth-order valence-electron chi connectivity index (χ4n) is 1.24. The zero-order valence-corrected chi connectivity index (χ0v) is 8.45. The number of thiocyanates is 1. The predicted molar refractivity (Wildman–Crippen MR) is 50.2 cm³/mol. The van der Waals surface area contributed by atoms with E-state index in [-0.39, 0.29) is 4.90 Å². The van der Waals surface area contributed by atoms with E-state index in [9.17, 15) is 8.42 Å². The summed E-state index contributed by atoms with van der Waals surface area (Å²) in [6.45, 7) is 0.820. The van der Waals surface area contributed by atoms with Gasteiger partial charge in [-0.3, -0.25) is 0 Å². The summed E-state index contributed by atoms with van der Waals surface area (Å²) in [5, 5.41) is 9.68. The van der Waals surface area contributed by atoms with Gasteiger partial charge in [-0.15, -0.1) is 0 Å². The molecule has 0 unspecified atom stereocenters. The Bertz CT molecular complexity index is 530. The summed E-state index contributed by atoms with van der Waals surface area (Å²) in [7, 11) is -3.86. The summed E-state index contributed by atoms with van der Waals surface area (Å²) < 4.78 is 32.9. The first-order valence-electron chi connectivity index (χ1n) is 4.19. The van der Waals surface area contributed by atoms with Gasteiger partial charge in [0.1, 0.15) is 13.2 Å². The molecule has 0 N–H and O–H groups in total. The van der Waals surface area contributed by atoms with Crippen molar-refractivity contribution < 1.29 is 17.9 Å². The van der Waals surface area contributed by atoms with Gasteiger partial charge >= 0.3 is 0 Å². The van der Waals surface area contributed by atoms with Crippen molar-refractivity contribution in [1.82, 2.24) is 0 Å². The third kappa shape index (κ3) is 1.74. The monoisotopic (exact) mass is 225 g/mol. The zero-order chi connectivity index (χ0) is 10.9. The molecule has 0 radical (unpaired) electrons. The summed E-state index contributed by atoms with van der Waals surface area (Å²) >= 11 is 0. The molecule has 0 spiro atoms. The molecule has 78 valence electrons. The Morgan fingerprint density at radius 3 is 2.53 bits per heavy atom. The van der Waals surface area contributed by atoms with E-state index in [0.717, 1.165) is 0 Å². The van der Waals surface area contributed by atoms with E-state index in [2.05, 4.69) is 0 Å². The second-order valence-corrected chi connectivity index (χ2v) is 4.56. The maximum absolute atomic E-state index is 11.2. The van der Waals surface area contributed by atoms with E-state index in [4.69, 9.17) is 14.7 Å². The van der Waals surface area contributed by atoms with Gasteiger partial charge in [0.2, 0.25) is 0 Å². The molecule has 0 atom stereocenters. The lowest BCUT2D eigenvalue weighted by Crippen LogP contribution is -2.15. The molecule has 0 fully saturated rings. The number of nitrogens with zero attached hydrogens (tertiary/aromatic N) is 1. The van der Waals surface area contributed by atoms with Crippen LogP contribution in [0.1, 0.15) is 0 Å². The van der Waals surface area contributed by atoms with Crippen LogP contribution in [0.15, 0.2) is 23.1 Å². The Morgan fingerprint density at radius 1 is 1.20 bits per heavy atom. The second kappa shape index (κ2) is 3.44. The van der Waals surface area contributed by atoms with Gasteiger partial charge in [-0.25, -0.2) is 8.42 Å². The first-order chi connectivity index (χ1) is 7.13. The zero-order valence-electron chi connectivity index (χ0n) is 7.63. The molecule has 5 nitrogen and oxygen atoms in total. The Labute approximate surface area is 86.8 Å². The summed E-state index contributed by atoms with van der Waals surface area (Å²) in [6, 6.07) is 4.11. The van der Waals surface area contributed by atoms with Gasteiger partial charge in [0.15, 0.2) is 16.9 Å². The van der Waals surface area contributed by atoms with Crippen LogP contribution in [0.2, 0.25) is 0 Å². The van der Waals surface area contributed by atoms with Crippen LogP contribution < -0.4 is 9.47 Å². The van der Waals surface area contributed by atoms with Gasteiger partial charge in [-0.2, -0.15) is 5.26 Å². The largest absolute Gasteiger partial charge is 0.486 e. The number of rotatable bonds is 1. The molecule has 0 saturated heterocycles. The Hall–Kier alpha value is -1.74. The Balaban J connectivity index is 2.51. The number of fused-ring (bicyclic) bond motifs is 1. The quantitative estimate of drug-likeness (QED) is 0.519. The van der Waals surface area contributed by atoms with Crippen LogP contribution in [-0.2, 0) is 9.84 Å². The minimum atomic E-state index is -3.86. The molecule has 15 heavy (non-hydrogen) atoms. The maximum Gasteiger partial charge on any atom is 0.270 e. The second-order valence-electron chi connectivity index (χ2n) is 2.90. The molecule has 1 aromatic rings. The molecule has 2 rings (SSSR count). The summed E-state index contributed by atoms with van der Waals surface area (Å²) in [5.74, 6) is 0.857. The standard InChI is InChI=1S/C9H7NO4S/c10-6-15(11,12)7-1-2-8-9(5-7)14-4-3-13-8/h1-2,5H,3-4H2. The number of sulfone groups is 1. The van der Waals surface area contributed by atoms with Gasteiger partial charge in [0.25, 0.3) is 9.84 Å². The van der Waals surface area contributed by atoms with Gasteiger partial charge in [0, 0.05) is 6.07 Å². The van der Waals surface area contributed by atoms with Crippen molar-refractivity contribution >= 4 is 9.84 Å². The minimum Gasteiger partial charge on any atom is -0.486 e. The van der Waals surface area contributed by atoms with Crippen molar-refractivity contribution in [3.8, 4) is 16.9 Å². The normalized spacial score (nSPS) is 14.3. The first-order valence-corrected chi connectivity index (χ1v) is 5.67. The highest BCUT2D eigenvalue weighted by Crippen LogP contribution is 2.32. The smallest absolute Gasteiger partial charge is 0.270 e. The van der Waals surface area contributed by atoms with Crippen LogP contribution in [0.5, 0.6) is 11.5 Å². The fourth-order valence-corrected chi connectivity index (χ4v) is 1.86. The lowest BCUT2D eigenvalue weighted by molar-refractivity contribution is 0.171. The van der Waals surface area contributed by atoms with Crippen molar-refractivity contribution in [2.45, 2.75) is 4.90 Å². The van der Waals surface area contributed by atoms with E-state index in [1.165, 1.54) is 23.6 Å². The molecule has 0 aromatic heterocycles. The number of hydrogen-bond acceptors (Lipinski definition) is 5. The number of ether oxygens (including phenoxy) is 2. The molecule has 0 saturated carbocycles. The van der Waals surface area contributed by atoms with Crippen LogP contribution >= 0.6 is 0 Å². The first kappa shape index (κ1) is 9.80. The van der Waals surface area contributed by atoms with E-state index >= 15 is 0 Å². The van der Waals surface area contributed by atoms with Crippen molar-refractivity contribution in [3.63, 3.8) is 0 Å². The lowest BCUT2D eigenvalue weighted by atomic mass is 10.3. The predicted octanol–water partition coefficient (Wildman–Crippen LogP) is 0.713. The minimum absolute atomic E-state index is 0.0748. The Morgan fingerprint density at radius 2 is 1.87 bits per heavy atom. The van der Waals surface area contributed by atoms with Crippen molar-refractivity contribution in [2.75, 3.05) is 13.2 Å². The summed E-state index contributed by atoms with van der Waals surface area (Å²) in [6.07, 6.45) is 0. The topological polar surface area (TPSA) is 76.4 Å². The van der Waals surface area contributed by atoms with Gasteiger partial charge < -0.3 is 9.47 Å². The lowest BCUT2D eigenvalue weighted by Gasteiger charge is -2.18. The molecule has 6 heteroatoms. The van der Waals surface area contributed by atoms with Crippen molar-refractivity contribution in [2.24, 2.45) is 0 Å². The highest BCUT2D eigenvalue weighted by atomic mass is 32.2. The average Bonchev–Trinajstić information content (AvgIpc) is 2.28. The van der Waals surface area contributed by atoms with Crippen LogP contribution in [-0.4, -0.2) is 21.6 Å². The molecule has 1 heterocycles. The number of nitriles is 1. The summed E-state index contributed by atoms with van der Waals surface area (Å²) in [4.78, 5) is -0.0748. The van der Waals surface area contributed by atoms with E-state index in [1.54, 1.807) is 0 Å². The van der Waals surface area contributed by atoms with E-state index in [1.807, 2.05) is 0 Å². The van der Waals surface area contributed by atoms with Crippen LogP contribution in [0.4, 0.5) is 0 Å². The average molecular weight is 225 g/mol. The molecular formula is C9H7NO4S. The van der Waals surface area contributed by atoms with Crippen LogP contribution in [0.3, 0.4) is 0 Å². The van der Waals surface area contributed by atoms with E-state index in [0.29, 0.717) is 24.7 Å². The third-order valence-corrected chi connectivity index (χ3v) is 3.06. The highest BCUT2D eigenvalue weighted by molar-refractivity contribution is 7.95. The van der Waals surface area contributed by atoms with Crippen molar-refractivity contribution in [3.05, 3.63) is 18.2 Å². The number of hydrogen-bond donors (Lipinski definition) is 0. The fraction of sp³-hybridized carbons (Fsp3) is 0.222. The van der Waals surface area contributed by atoms with Gasteiger partial charge in [0.05, 0.1) is 4.90 Å². The van der Waals surface area contributed by atoms with Gasteiger partial charge in [-0.1, -0.05) is 0 Å². The molecule has 0 amide bonds. The van der Waals surface area contributed by atoms with Crippen molar-refractivity contribution in [1.29, 1.82) is 5.26 Å². The molecular weight excluding hydrogens is 218 g/mol. The molecule has 0 bridgehead atoms. The summed E-state index contributed by atoms with van der Waals surface area (Å²) in [5.41, 5.74) is 0. The molecule has 0 aliphatic carbocycles. The molecule has 1 aliphatic rings. The van der Waals surface area contributed by atoms with Gasteiger partial charge in [-0.05, 0) is 12.1 Å². The SMILES string of the molecule is N#CS(=O)(=O)c1ccc2c(c1)OCCO2. The third-order valence-electron chi connectivity index (χ3n) is 1.94. The maximum atomic E-state index is 11.2.